The summed E-state index contributed by atoms with van der Waals surface area (Å²) >= 11 is 1.32. The zero-order chi connectivity index (χ0) is 26.9. The highest BCUT2D eigenvalue weighted by Gasteiger charge is 2.82. The zero-order valence-electron chi connectivity index (χ0n) is 22.4. The average molecular weight is 553 g/mol. The largest absolute Gasteiger partial charge is 0.508 e. The van der Waals surface area contributed by atoms with Gasteiger partial charge >= 0.3 is 0 Å². The number of likely N-dealkylation sites (tertiary alicyclic amines) is 1. The third-order valence-corrected chi connectivity index (χ3v) is 11.8. The predicted molar refractivity (Wildman–Crippen MR) is 144 cm³/mol. The summed E-state index contributed by atoms with van der Waals surface area (Å²) in [5, 5.41) is 33.3. The summed E-state index contributed by atoms with van der Waals surface area (Å²) in [6.45, 7) is 2.61. The van der Waals surface area contributed by atoms with Gasteiger partial charge < -0.3 is 38.8 Å². The van der Waals surface area contributed by atoms with Crippen LogP contribution in [0.25, 0.3) is 0 Å². The maximum absolute atomic E-state index is 11.9. The van der Waals surface area contributed by atoms with Crippen molar-refractivity contribution in [1.82, 2.24) is 0 Å². The molecular weight excluding hydrogens is 518 g/mol. The molecule has 3 N–H and O–H groups in total. The van der Waals surface area contributed by atoms with Gasteiger partial charge in [0.05, 0.1) is 49.6 Å². The first-order valence-corrected chi connectivity index (χ1v) is 14.7. The van der Waals surface area contributed by atoms with Gasteiger partial charge in [-0.25, -0.2) is 0 Å². The number of aliphatic hydroxyl groups excluding tert-OH is 1. The first kappa shape index (κ1) is 24.4. The molecule has 8 nitrogen and oxygen atoms in total. The van der Waals surface area contributed by atoms with E-state index in [0.717, 1.165) is 48.3 Å². The van der Waals surface area contributed by atoms with Gasteiger partial charge in [0.1, 0.15) is 36.3 Å². The van der Waals surface area contributed by atoms with E-state index in [2.05, 4.69) is 25.3 Å². The number of nitrogens with zero attached hydrogens (tertiary/aromatic N) is 1. The number of quaternary nitrogens is 1. The van der Waals surface area contributed by atoms with Gasteiger partial charge in [-0.3, -0.25) is 0 Å². The highest BCUT2D eigenvalue weighted by molar-refractivity contribution is 7.99. The standard InChI is InChI=1S/C30H33NO7S/c1-31(14-17-15-37-17)9-8-29-22-16-4-5-19(35-2)26(22)38-27(29)30(36-3)7-6-28(29,21(31)12-16)23-18(33)13-20(39-11-10-32)25(34)24(23)30/h4-7,13,17,21,27,32H,8-12,14-15H2,1-3H3,(H-,33,34)/p+1/t17-,21-,27+,28-,29-,30+,31+/m0/s1. The zero-order valence-corrected chi connectivity index (χ0v) is 23.2. The number of epoxide rings is 1. The van der Waals surface area contributed by atoms with Crippen LogP contribution in [0.1, 0.15) is 28.7 Å². The Hall–Kier alpha value is -2.43. The number of thioether (sulfide) groups is 1. The van der Waals surface area contributed by atoms with Crippen LogP contribution in [0.3, 0.4) is 0 Å². The lowest BCUT2D eigenvalue weighted by Crippen LogP contribution is -2.81. The molecule has 7 aliphatic rings. The number of hydrogen-bond acceptors (Lipinski definition) is 8. The molecule has 0 saturated carbocycles. The second-order valence-corrected chi connectivity index (χ2v) is 13.3. The topological polar surface area (TPSA) is 101 Å². The van der Waals surface area contributed by atoms with Gasteiger partial charge in [0.25, 0.3) is 0 Å². The lowest BCUT2D eigenvalue weighted by atomic mass is 9.37. The number of hydrogen-bond donors (Lipinski definition) is 3. The third kappa shape index (κ3) is 2.58. The molecule has 3 aliphatic heterocycles. The number of phenols is 2. The van der Waals surface area contributed by atoms with Crippen LogP contribution in [-0.4, -0.2) is 91.4 Å². The van der Waals surface area contributed by atoms with E-state index in [-0.39, 0.29) is 30.3 Å². The molecule has 0 unspecified atom stereocenters. The van der Waals surface area contributed by atoms with Crippen LogP contribution in [0.15, 0.2) is 35.2 Å². The van der Waals surface area contributed by atoms with Crippen LogP contribution in [0.4, 0.5) is 0 Å². The van der Waals surface area contributed by atoms with E-state index in [9.17, 15) is 15.3 Å². The molecule has 0 amide bonds. The quantitative estimate of drug-likeness (QED) is 0.159. The molecule has 3 heterocycles. The molecule has 0 aromatic heterocycles. The fraction of sp³-hybridized carbons (Fsp3) is 0.533. The monoisotopic (exact) mass is 552 g/mol. The number of rotatable bonds is 7. The van der Waals surface area contributed by atoms with Crippen molar-refractivity contribution in [1.29, 1.82) is 0 Å². The van der Waals surface area contributed by atoms with Gasteiger partial charge in [-0.1, -0.05) is 12.1 Å². The van der Waals surface area contributed by atoms with Crippen LogP contribution in [0.2, 0.25) is 0 Å². The minimum atomic E-state index is -1.11. The molecule has 2 fully saturated rings. The normalized spacial score (nSPS) is 39.2. The smallest absolute Gasteiger partial charge is 0.166 e. The number of ether oxygens (including phenoxy) is 4. The molecule has 9 heteroatoms. The molecule has 39 heavy (non-hydrogen) atoms. The Kier molecular flexibility index (Phi) is 4.78. The van der Waals surface area contributed by atoms with E-state index in [4.69, 9.17) is 18.9 Å². The molecular formula is C30H34NO7S+. The molecule has 9 rings (SSSR count). The van der Waals surface area contributed by atoms with Gasteiger partial charge in [-0.2, -0.15) is 0 Å². The van der Waals surface area contributed by atoms with Crippen LogP contribution < -0.4 is 9.47 Å². The van der Waals surface area contributed by atoms with Crippen molar-refractivity contribution in [3.8, 4) is 23.0 Å². The van der Waals surface area contributed by atoms with Crippen LogP contribution in [0.5, 0.6) is 23.0 Å². The first-order valence-electron chi connectivity index (χ1n) is 13.7. The van der Waals surface area contributed by atoms with Crippen molar-refractivity contribution in [3.05, 3.63) is 52.6 Å². The van der Waals surface area contributed by atoms with Crippen molar-refractivity contribution in [3.63, 3.8) is 0 Å². The van der Waals surface area contributed by atoms with Crippen LogP contribution >= 0.6 is 11.8 Å². The van der Waals surface area contributed by atoms with E-state index in [1.165, 1.54) is 22.9 Å². The molecule has 2 saturated heterocycles. The lowest BCUT2D eigenvalue weighted by molar-refractivity contribution is -0.945. The van der Waals surface area contributed by atoms with E-state index in [1.807, 2.05) is 6.07 Å². The maximum Gasteiger partial charge on any atom is 0.166 e. The second-order valence-electron chi connectivity index (χ2n) is 12.2. The highest BCUT2D eigenvalue weighted by atomic mass is 32.2. The molecule has 7 atom stereocenters. The van der Waals surface area contributed by atoms with Crippen LogP contribution in [0, 0.1) is 0 Å². The first-order chi connectivity index (χ1) is 18.8. The number of piperidine rings is 1. The maximum atomic E-state index is 11.9. The number of benzene rings is 2. The van der Waals surface area contributed by atoms with Crippen molar-refractivity contribution < 1.29 is 38.8 Å². The lowest BCUT2D eigenvalue weighted by Gasteiger charge is -2.70. The molecule has 2 aromatic rings. The minimum Gasteiger partial charge on any atom is -0.508 e. The number of aliphatic hydroxyl groups is 1. The Labute approximate surface area is 231 Å². The van der Waals surface area contributed by atoms with E-state index >= 15 is 0 Å². The summed E-state index contributed by atoms with van der Waals surface area (Å²) in [5.74, 6) is 2.12. The van der Waals surface area contributed by atoms with Crippen molar-refractivity contribution >= 4 is 11.8 Å². The van der Waals surface area contributed by atoms with Crippen LogP contribution in [-0.2, 0) is 32.3 Å². The summed E-state index contributed by atoms with van der Waals surface area (Å²) in [7, 11) is 5.66. The van der Waals surface area contributed by atoms with Crippen molar-refractivity contribution in [2.75, 3.05) is 53.3 Å². The summed E-state index contributed by atoms with van der Waals surface area (Å²) < 4.78 is 25.8. The fourth-order valence-corrected chi connectivity index (χ4v) is 10.1. The van der Waals surface area contributed by atoms with Gasteiger partial charge in [0.15, 0.2) is 17.1 Å². The Balaban J connectivity index is 1.49. The minimum absolute atomic E-state index is 0.0326. The SMILES string of the molecule is COc1ccc2c3c1O[C@@H]1[C@]34CC[N@+](C)(C[C@H]3CO3)[C@@H](C2)[C@]42C=C[C@@]1(OC)c1c(O)c(SCCO)cc(O)c12. The number of likely N-dealkylation sites (N-methyl/N-ethyl adjacent to an activating group) is 1. The van der Waals surface area contributed by atoms with Gasteiger partial charge in [0.2, 0.25) is 0 Å². The third-order valence-electron chi connectivity index (χ3n) is 10.7. The van der Waals surface area contributed by atoms with E-state index in [1.54, 1.807) is 20.3 Å². The summed E-state index contributed by atoms with van der Waals surface area (Å²) in [5.41, 5.74) is 1.52. The molecule has 2 spiro atoms. The second kappa shape index (κ2) is 7.64. The number of aromatic hydroxyl groups is 2. The molecule has 4 bridgehead atoms. The Morgan fingerprint density at radius 2 is 1.97 bits per heavy atom. The van der Waals surface area contributed by atoms with E-state index in [0.29, 0.717) is 22.0 Å². The summed E-state index contributed by atoms with van der Waals surface area (Å²) in [6.07, 6.45) is 5.80. The van der Waals surface area contributed by atoms with Crippen molar-refractivity contribution in [2.24, 2.45) is 0 Å². The molecule has 0 radical (unpaired) electrons. The predicted octanol–water partition coefficient (Wildman–Crippen LogP) is 2.73. The average Bonchev–Trinajstić information content (AvgIpc) is 3.67. The Morgan fingerprint density at radius 3 is 2.69 bits per heavy atom. The summed E-state index contributed by atoms with van der Waals surface area (Å²) in [6, 6.07) is 5.95. The number of phenolic OH excluding ortho intramolecular Hbond substituents is 2. The Bertz CT molecular complexity index is 1460. The van der Waals surface area contributed by atoms with Gasteiger partial charge in [-0.15, -0.1) is 11.8 Å². The molecule has 206 valence electrons. The summed E-state index contributed by atoms with van der Waals surface area (Å²) in [4.78, 5) is 0.529. The molecule has 2 aromatic carbocycles. The number of methoxy groups -OCH3 is 2. The molecule has 4 aliphatic carbocycles. The van der Waals surface area contributed by atoms with E-state index < -0.39 is 22.5 Å². The van der Waals surface area contributed by atoms with Gasteiger partial charge in [0, 0.05) is 42.4 Å². The van der Waals surface area contributed by atoms with Crippen molar-refractivity contribution in [2.45, 2.75) is 52.4 Å². The fourth-order valence-electron chi connectivity index (χ4n) is 9.32. The van der Waals surface area contributed by atoms with Gasteiger partial charge in [-0.05, 0) is 23.8 Å². The Morgan fingerprint density at radius 1 is 1.15 bits per heavy atom. The highest BCUT2D eigenvalue weighted by Crippen LogP contribution is 2.76.